The van der Waals surface area contributed by atoms with Crippen LogP contribution >= 0.6 is 30.6 Å². The zero-order valence-electron chi connectivity index (χ0n) is 5.22. The zero-order chi connectivity index (χ0) is 6.41. The standard InChI is InChI=1S/C4H7O2.2BrH.Zn/c1-3-6-4(2)5;;;/h2-3H2,1H3;2*1H;/q;;;+1/p-1. The van der Waals surface area contributed by atoms with E-state index in [1.807, 2.05) is 6.92 Å². The Labute approximate surface area is 79.4 Å². The Morgan fingerprint density at radius 2 is 2.33 bits per heavy atom. The Morgan fingerprint density at radius 3 is 2.67 bits per heavy atom. The zero-order valence-corrected chi connectivity index (χ0v) is 11.5. The van der Waals surface area contributed by atoms with Gasteiger partial charge in [-0.25, -0.2) is 0 Å². The number of halogens is 2. The molecule has 0 saturated heterocycles. The topological polar surface area (TPSA) is 26.3 Å². The molecule has 0 aliphatic carbocycles. The summed E-state index contributed by atoms with van der Waals surface area (Å²) in [5.74, 6) is -0.0515. The molecule has 0 fully saturated rings. The third-order valence-corrected chi connectivity index (χ3v) is 3.92. The Balaban J connectivity index is 0. The number of hydrogen-bond donors (Lipinski definition) is 0. The van der Waals surface area contributed by atoms with Crippen molar-refractivity contribution in [3.05, 3.63) is 0 Å². The second-order valence-corrected chi connectivity index (χ2v) is 7.21. The number of carbonyl (C=O) groups excluding carboxylic acids is 1. The Hall–Kier alpha value is 1.05. The van der Waals surface area contributed by atoms with E-state index in [4.69, 9.17) is 0 Å². The Morgan fingerprint density at radius 1 is 1.78 bits per heavy atom. The van der Waals surface area contributed by atoms with Crippen LogP contribution in [0.15, 0.2) is 0 Å². The van der Waals surface area contributed by atoms with E-state index < -0.39 is 15.2 Å². The molecule has 0 amide bonds. The third-order valence-electron chi connectivity index (χ3n) is 0.604. The van der Waals surface area contributed by atoms with Crippen LogP contribution in [-0.4, -0.2) is 12.6 Å². The molecule has 0 heterocycles. The fourth-order valence-corrected chi connectivity index (χ4v) is 2.62. The molecule has 0 aliphatic heterocycles. The first-order valence-corrected chi connectivity index (χ1v) is 11.6. The monoisotopic (exact) mass is 310 g/mol. The number of rotatable bonds is 3. The van der Waals surface area contributed by atoms with Gasteiger partial charge in [0.15, 0.2) is 0 Å². The summed E-state index contributed by atoms with van der Waals surface area (Å²) >= 11 is 2.64. The first kappa shape index (κ1) is 12.7. The van der Waals surface area contributed by atoms with Gasteiger partial charge in [0.2, 0.25) is 0 Å². The molecule has 0 saturated carbocycles. The van der Waals surface area contributed by atoms with Gasteiger partial charge < -0.3 is 0 Å². The van der Waals surface area contributed by atoms with Crippen molar-refractivity contribution in [1.82, 2.24) is 0 Å². The molecule has 0 spiro atoms. The number of ether oxygens (including phenoxy) is 1. The van der Waals surface area contributed by atoms with E-state index in [1.54, 1.807) is 0 Å². The predicted octanol–water partition coefficient (Wildman–Crippen LogP) is 1.94. The van der Waals surface area contributed by atoms with Gasteiger partial charge in [0, 0.05) is 0 Å². The van der Waals surface area contributed by atoms with Crippen molar-refractivity contribution < 1.29 is 24.7 Å². The third kappa shape index (κ3) is 9.05. The normalized spacial score (nSPS) is 6.89. The van der Waals surface area contributed by atoms with Gasteiger partial charge in [-0.05, 0) is 0 Å². The van der Waals surface area contributed by atoms with Crippen LogP contribution in [0.5, 0.6) is 0 Å². The van der Waals surface area contributed by atoms with Crippen molar-refractivity contribution in [2.75, 3.05) is 6.61 Å². The van der Waals surface area contributed by atoms with Gasteiger partial charge in [-0.15, -0.1) is 17.0 Å². The average molecular weight is 313 g/mol. The van der Waals surface area contributed by atoms with Crippen LogP contribution < -0.4 is 0 Å². The van der Waals surface area contributed by atoms with Crippen LogP contribution in [-0.2, 0) is 24.7 Å². The fourth-order valence-electron chi connectivity index (χ4n) is 0.310. The molecule has 0 atom stereocenters. The number of esters is 1. The number of carbonyl (C=O) groups is 1. The van der Waals surface area contributed by atoms with Crippen molar-refractivity contribution in [2.24, 2.45) is 0 Å². The van der Waals surface area contributed by atoms with Gasteiger partial charge in [0.1, 0.15) is 0 Å². The quantitative estimate of drug-likeness (QED) is 0.588. The molecule has 0 radical (unpaired) electrons. The van der Waals surface area contributed by atoms with Crippen LogP contribution in [0.1, 0.15) is 6.92 Å². The summed E-state index contributed by atoms with van der Waals surface area (Å²) in [5.41, 5.74) is 0. The van der Waals surface area contributed by atoms with Gasteiger partial charge in [-0.2, -0.15) is 0 Å². The van der Waals surface area contributed by atoms with E-state index >= 15 is 0 Å². The van der Waals surface area contributed by atoms with E-state index in [-0.39, 0.29) is 23.0 Å². The van der Waals surface area contributed by atoms with Crippen molar-refractivity contribution >= 4 is 36.6 Å². The molecular weight excluding hydrogens is 305 g/mol. The van der Waals surface area contributed by atoms with E-state index in [1.165, 1.54) is 0 Å². The minimum atomic E-state index is -0.667. The van der Waals surface area contributed by atoms with E-state index in [0.717, 1.165) is 0 Å². The summed E-state index contributed by atoms with van der Waals surface area (Å²) in [7, 11) is 0. The van der Waals surface area contributed by atoms with E-state index in [2.05, 4.69) is 18.4 Å². The molecule has 0 aromatic carbocycles. The van der Waals surface area contributed by atoms with Crippen molar-refractivity contribution in [2.45, 2.75) is 11.9 Å². The molecule has 0 bridgehead atoms. The molecule has 0 rings (SSSR count). The Kier molecular flexibility index (Phi) is 12.8. The van der Waals surface area contributed by atoms with Crippen molar-refractivity contribution in [3.63, 3.8) is 0 Å². The SMILES string of the molecule is Br.CCOC(=O)[CH2][Zn][Br]. The first-order valence-electron chi connectivity index (χ1n) is 2.52. The molecule has 9 heavy (non-hydrogen) atoms. The molecule has 0 aromatic heterocycles. The summed E-state index contributed by atoms with van der Waals surface area (Å²) in [4.78, 5) is 10.4. The minimum absolute atomic E-state index is 0. The summed E-state index contributed by atoms with van der Waals surface area (Å²) in [6.45, 7) is 2.33. The molecule has 0 aliphatic rings. The van der Waals surface area contributed by atoms with E-state index in [0.29, 0.717) is 11.6 Å². The Bertz CT molecular complexity index is 71.0. The van der Waals surface area contributed by atoms with Gasteiger partial charge in [-0.1, -0.05) is 0 Å². The molecule has 0 N–H and O–H groups in total. The molecular formula is C4H8Br2O2Zn. The average Bonchev–Trinajstić information content (AvgIpc) is 1.68. The summed E-state index contributed by atoms with van der Waals surface area (Å²) < 4.78 is 4.66. The van der Waals surface area contributed by atoms with Crippen LogP contribution in [0, 0.1) is 0 Å². The maximum atomic E-state index is 10.4. The van der Waals surface area contributed by atoms with Gasteiger partial charge in [0.05, 0.1) is 0 Å². The van der Waals surface area contributed by atoms with Crippen molar-refractivity contribution in [3.8, 4) is 0 Å². The second-order valence-electron chi connectivity index (χ2n) is 1.24. The predicted molar refractivity (Wildman–Crippen MR) is 40.7 cm³/mol. The fraction of sp³-hybridized carbons (Fsp3) is 0.750. The first-order chi connectivity index (χ1) is 3.81. The summed E-state index contributed by atoms with van der Waals surface area (Å²) in [6.07, 6.45) is 0. The molecule has 52 valence electrons. The summed E-state index contributed by atoms with van der Waals surface area (Å²) in [5, 5.41) is 0.654. The van der Waals surface area contributed by atoms with Crippen LogP contribution in [0.4, 0.5) is 0 Å². The van der Waals surface area contributed by atoms with E-state index in [9.17, 15) is 4.79 Å². The molecule has 2 nitrogen and oxygen atoms in total. The van der Waals surface area contributed by atoms with Gasteiger partial charge in [0.25, 0.3) is 0 Å². The second kappa shape index (κ2) is 9.05. The molecule has 0 unspecified atom stereocenters. The van der Waals surface area contributed by atoms with Crippen LogP contribution in [0.2, 0.25) is 5.02 Å². The van der Waals surface area contributed by atoms with Gasteiger partial charge in [-0.3, -0.25) is 0 Å². The van der Waals surface area contributed by atoms with Crippen LogP contribution in [0.3, 0.4) is 0 Å². The molecule has 0 aromatic rings. The van der Waals surface area contributed by atoms with Crippen molar-refractivity contribution in [1.29, 1.82) is 0 Å². The number of hydrogen-bond acceptors (Lipinski definition) is 2. The van der Waals surface area contributed by atoms with Gasteiger partial charge >= 0.3 is 62.8 Å². The maximum absolute atomic E-state index is 10.4. The summed E-state index contributed by atoms with van der Waals surface area (Å²) in [6, 6.07) is 0. The van der Waals surface area contributed by atoms with Crippen LogP contribution in [0.25, 0.3) is 0 Å². The molecule has 5 heteroatoms.